The van der Waals surface area contributed by atoms with E-state index >= 15 is 0 Å². The number of carbonyl (C=O) groups excluding carboxylic acids is 2. The molecule has 0 fully saturated rings. The van der Waals surface area contributed by atoms with Crippen LogP contribution in [-0.4, -0.2) is 23.9 Å². The number of amides is 1. The van der Waals surface area contributed by atoms with E-state index in [1.807, 2.05) is 6.92 Å². The maximum Gasteiger partial charge on any atom is 0.407 e. The van der Waals surface area contributed by atoms with Crippen molar-refractivity contribution in [2.45, 2.75) is 32.7 Å². The van der Waals surface area contributed by atoms with Gasteiger partial charge < -0.3 is 10.1 Å². The minimum Gasteiger partial charge on any atom is -0.450 e. The molecular weight excluding hydrogens is 190 g/mol. The van der Waals surface area contributed by atoms with Gasteiger partial charge in [0.05, 0.1) is 12.6 Å². The minimum atomic E-state index is -0.600. The Morgan fingerprint density at radius 1 is 1.54 bits per heavy atom. The third-order valence-electron chi connectivity index (χ3n) is 1.44. The molecule has 0 bridgehead atoms. The Labute approximate surface area is 83.4 Å². The Balaban J connectivity index is 3.56. The number of thiol groups is 1. The lowest BCUT2D eigenvalue weighted by Gasteiger charge is -2.09. The van der Waals surface area contributed by atoms with Crippen LogP contribution in [0.25, 0.3) is 0 Å². The van der Waals surface area contributed by atoms with Crippen LogP contribution in [0.1, 0.15) is 26.7 Å². The molecule has 0 aliphatic heterocycles. The van der Waals surface area contributed by atoms with E-state index in [1.165, 1.54) is 0 Å². The lowest BCUT2D eigenvalue weighted by atomic mass is 10.4. The molecule has 4 nitrogen and oxygen atoms in total. The Bertz CT molecular complexity index is 184. The van der Waals surface area contributed by atoms with Crippen LogP contribution in [0.2, 0.25) is 0 Å². The maximum absolute atomic E-state index is 10.9. The third kappa shape index (κ3) is 6.45. The summed E-state index contributed by atoms with van der Waals surface area (Å²) in [6.07, 6.45) is 1.23. The predicted octanol–water partition coefficient (Wildman–Crippen LogP) is 1.36. The number of unbranched alkanes of at least 4 members (excludes halogenated alkanes) is 1. The molecule has 5 heteroatoms. The molecule has 1 unspecified atom stereocenters. The van der Waals surface area contributed by atoms with Gasteiger partial charge in [-0.15, -0.1) is 12.6 Å². The van der Waals surface area contributed by atoms with Crippen LogP contribution in [0.5, 0.6) is 0 Å². The van der Waals surface area contributed by atoms with E-state index in [0.29, 0.717) is 6.61 Å². The van der Waals surface area contributed by atoms with Crippen molar-refractivity contribution in [3.8, 4) is 0 Å². The topological polar surface area (TPSA) is 55.4 Å². The fourth-order valence-corrected chi connectivity index (χ4v) is 0.654. The summed E-state index contributed by atoms with van der Waals surface area (Å²) in [5.41, 5.74) is 0. The zero-order valence-corrected chi connectivity index (χ0v) is 8.77. The Morgan fingerprint density at radius 3 is 2.62 bits per heavy atom. The van der Waals surface area contributed by atoms with E-state index < -0.39 is 12.1 Å². The Hall–Kier alpha value is -0.710. The molecule has 0 saturated heterocycles. The number of alkyl carbamates (subject to hydrolysis) is 1. The summed E-state index contributed by atoms with van der Waals surface area (Å²) in [5.74, 6) is 0. The number of hydrogen-bond acceptors (Lipinski definition) is 3. The van der Waals surface area contributed by atoms with Crippen LogP contribution in [0.3, 0.4) is 0 Å². The summed E-state index contributed by atoms with van der Waals surface area (Å²) in [5, 5.41) is 1.97. The number of hydrogen-bond donors (Lipinski definition) is 2. The van der Waals surface area contributed by atoms with Gasteiger partial charge in [-0.25, -0.2) is 4.79 Å². The summed E-state index contributed by atoms with van der Waals surface area (Å²) < 4.78 is 4.77. The van der Waals surface area contributed by atoms with Crippen molar-refractivity contribution in [1.82, 2.24) is 5.32 Å². The van der Waals surface area contributed by atoms with Gasteiger partial charge in [0.15, 0.2) is 0 Å². The van der Waals surface area contributed by atoms with Gasteiger partial charge in [-0.2, -0.15) is 0 Å². The van der Waals surface area contributed by atoms with Crippen LogP contribution in [0.15, 0.2) is 0 Å². The molecule has 0 aliphatic carbocycles. The van der Waals surface area contributed by atoms with E-state index in [4.69, 9.17) is 4.74 Å². The second-order valence-electron chi connectivity index (χ2n) is 2.69. The van der Waals surface area contributed by atoms with E-state index in [2.05, 4.69) is 17.9 Å². The molecule has 0 rings (SSSR count). The number of ether oxygens (including phenoxy) is 1. The average Bonchev–Trinajstić information content (AvgIpc) is 2.04. The van der Waals surface area contributed by atoms with Gasteiger partial charge in [0, 0.05) is 0 Å². The van der Waals surface area contributed by atoms with Crippen molar-refractivity contribution in [3.05, 3.63) is 0 Å². The van der Waals surface area contributed by atoms with E-state index in [-0.39, 0.29) is 5.12 Å². The van der Waals surface area contributed by atoms with Gasteiger partial charge in [0.2, 0.25) is 5.12 Å². The summed E-state index contributed by atoms with van der Waals surface area (Å²) in [6, 6.07) is -0.600. The lowest BCUT2D eigenvalue weighted by Crippen LogP contribution is -2.37. The van der Waals surface area contributed by atoms with Crippen molar-refractivity contribution in [2.24, 2.45) is 0 Å². The summed E-state index contributed by atoms with van der Waals surface area (Å²) >= 11 is 3.57. The fourth-order valence-electron chi connectivity index (χ4n) is 0.589. The molecule has 0 heterocycles. The summed E-state index contributed by atoms with van der Waals surface area (Å²) in [7, 11) is 0. The fraction of sp³-hybridized carbons (Fsp3) is 0.750. The molecule has 0 aromatic carbocycles. The monoisotopic (exact) mass is 205 g/mol. The van der Waals surface area contributed by atoms with Crippen molar-refractivity contribution in [2.75, 3.05) is 6.61 Å². The largest absolute Gasteiger partial charge is 0.450 e. The predicted molar refractivity (Wildman–Crippen MR) is 52.8 cm³/mol. The quantitative estimate of drug-likeness (QED) is 0.526. The third-order valence-corrected chi connectivity index (χ3v) is 1.82. The normalized spacial score (nSPS) is 11.9. The van der Waals surface area contributed by atoms with Crippen LogP contribution < -0.4 is 5.32 Å². The van der Waals surface area contributed by atoms with Crippen LogP contribution in [0.4, 0.5) is 4.79 Å². The number of nitrogens with one attached hydrogen (secondary N) is 1. The van der Waals surface area contributed by atoms with Crippen molar-refractivity contribution in [3.63, 3.8) is 0 Å². The van der Waals surface area contributed by atoms with Gasteiger partial charge in [-0.05, 0) is 13.3 Å². The molecule has 1 N–H and O–H groups in total. The highest BCUT2D eigenvalue weighted by atomic mass is 32.1. The van der Waals surface area contributed by atoms with E-state index in [1.54, 1.807) is 6.92 Å². The van der Waals surface area contributed by atoms with Crippen molar-refractivity contribution < 1.29 is 14.3 Å². The molecule has 0 aromatic rings. The molecular formula is C8H15NO3S. The standard InChI is InChI=1S/C8H15NO3S/c1-3-4-5-12-8(11)9-6(2)7(10)13/h6H,3-5H2,1-2H3,(H,9,11)(H,10,13). The van der Waals surface area contributed by atoms with E-state index in [9.17, 15) is 9.59 Å². The highest BCUT2D eigenvalue weighted by molar-refractivity contribution is 7.96. The first-order chi connectivity index (χ1) is 6.07. The molecule has 0 saturated carbocycles. The Morgan fingerprint density at radius 2 is 2.15 bits per heavy atom. The minimum absolute atomic E-state index is 0.382. The maximum atomic E-state index is 10.9. The average molecular weight is 205 g/mol. The van der Waals surface area contributed by atoms with Crippen LogP contribution >= 0.6 is 12.6 Å². The highest BCUT2D eigenvalue weighted by Crippen LogP contribution is 1.92. The molecule has 76 valence electrons. The second kappa shape index (κ2) is 6.77. The molecule has 0 radical (unpaired) electrons. The Kier molecular flexibility index (Phi) is 6.40. The molecule has 1 atom stereocenters. The first kappa shape index (κ1) is 12.3. The summed E-state index contributed by atoms with van der Waals surface area (Å²) in [6.45, 7) is 3.94. The molecule has 13 heavy (non-hydrogen) atoms. The lowest BCUT2D eigenvalue weighted by molar-refractivity contribution is -0.112. The molecule has 0 spiro atoms. The van der Waals surface area contributed by atoms with Gasteiger partial charge in [-0.1, -0.05) is 13.3 Å². The first-order valence-electron chi connectivity index (χ1n) is 4.24. The zero-order valence-electron chi connectivity index (χ0n) is 7.87. The molecule has 0 aliphatic rings. The summed E-state index contributed by atoms with van der Waals surface area (Å²) in [4.78, 5) is 21.5. The number of rotatable bonds is 5. The first-order valence-corrected chi connectivity index (χ1v) is 4.68. The van der Waals surface area contributed by atoms with Crippen molar-refractivity contribution in [1.29, 1.82) is 0 Å². The highest BCUT2D eigenvalue weighted by Gasteiger charge is 2.11. The van der Waals surface area contributed by atoms with Crippen LogP contribution in [-0.2, 0) is 9.53 Å². The van der Waals surface area contributed by atoms with E-state index in [0.717, 1.165) is 12.8 Å². The molecule has 0 aromatic heterocycles. The van der Waals surface area contributed by atoms with Gasteiger partial charge in [0.25, 0.3) is 0 Å². The smallest absolute Gasteiger partial charge is 0.407 e. The van der Waals surface area contributed by atoms with Gasteiger partial charge in [0.1, 0.15) is 0 Å². The van der Waals surface area contributed by atoms with Crippen LogP contribution in [0, 0.1) is 0 Å². The molecule has 1 amide bonds. The SMILES string of the molecule is CCCCOC(=O)NC(C)C(=O)S. The number of carbonyl (C=O) groups is 2. The second-order valence-corrected chi connectivity index (χ2v) is 3.13. The van der Waals surface area contributed by atoms with Gasteiger partial charge >= 0.3 is 6.09 Å². The van der Waals surface area contributed by atoms with Crippen molar-refractivity contribution >= 4 is 23.8 Å². The zero-order chi connectivity index (χ0) is 10.3. The van der Waals surface area contributed by atoms with Gasteiger partial charge in [-0.3, -0.25) is 4.79 Å².